The Morgan fingerprint density at radius 2 is 1.64 bits per heavy atom. The number of benzene rings is 3. The maximum absolute atomic E-state index is 13.5. The van der Waals surface area contributed by atoms with Crippen molar-refractivity contribution in [1.82, 2.24) is 0 Å². The van der Waals surface area contributed by atoms with E-state index < -0.39 is 15.8 Å². The van der Waals surface area contributed by atoms with Gasteiger partial charge < -0.3 is 9.47 Å². The van der Waals surface area contributed by atoms with Crippen LogP contribution in [0.15, 0.2) is 65.6 Å². The molecule has 0 saturated heterocycles. The predicted octanol–water partition coefficient (Wildman–Crippen LogP) is 5.39. The molecule has 0 spiro atoms. The van der Waals surface area contributed by atoms with Crippen LogP contribution < -0.4 is 14.2 Å². The normalized spacial score (nSPS) is 11.1. The van der Waals surface area contributed by atoms with Gasteiger partial charge in [-0.25, -0.2) is 12.8 Å². The first-order valence-corrected chi connectivity index (χ1v) is 10.0. The molecule has 0 saturated carbocycles. The number of halogens is 2. The van der Waals surface area contributed by atoms with Gasteiger partial charge in [-0.05, 0) is 73.2 Å². The third-order valence-corrected chi connectivity index (χ3v) is 5.51. The molecule has 0 unspecified atom stereocenters. The molecule has 8 heteroatoms. The molecule has 3 aromatic carbocycles. The Kier molecular flexibility index (Phi) is 5.76. The average Bonchev–Trinajstić information content (AvgIpc) is 2.66. The number of nitrogens with one attached hydrogen (secondary N) is 1. The molecule has 28 heavy (non-hydrogen) atoms. The van der Waals surface area contributed by atoms with E-state index in [1.165, 1.54) is 25.1 Å². The maximum atomic E-state index is 13.5. The summed E-state index contributed by atoms with van der Waals surface area (Å²) in [6.07, 6.45) is 0. The first-order chi connectivity index (χ1) is 13.3. The number of ether oxygens (including phenoxy) is 2. The van der Waals surface area contributed by atoms with Crippen LogP contribution in [0, 0.1) is 12.7 Å². The van der Waals surface area contributed by atoms with Gasteiger partial charge in [-0.1, -0.05) is 11.6 Å². The van der Waals surface area contributed by atoms with Gasteiger partial charge in [0.2, 0.25) is 0 Å². The molecule has 0 amide bonds. The van der Waals surface area contributed by atoms with Gasteiger partial charge in [0.1, 0.15) is 17.3 Å². The molecule has 0 fully saturated rings. The zero-order valence-electron chi connectivity index (χ0n) is 15.1. The molecule has 0 radical (unpaired) electrons. The zero-order valence-corrected chi connectivity index (χ0v) is 16.6. The largest absolute Gasteiger partial charge is 0.497 e. The number of sulfonamides is 1. The van der Waals surface area contributed by atoms with Crippen molar-refractivity contribution in [2.24, 2.45) is 0 Å². The third-order valence-electron chi connectivity index (χ3n) is 3.91. The fraction of sp³-hybridized carbons (Fsp3) is 0.100. The van der Waals surface area contributed by atoms with Gasteiger partial charge in [0, 0.05) is 5.02 Å². The highest BCUT2D eigenvalue weighted by Gasteiger charge is 2.18. The van der Waals surface area contributed by atoms with Gasteiger partial charge in [-0.15, -0.1) is 0 Å². The van der Waals surface area contributed by atoms with Crippen LogP contribution in [0.4, 0.5) is 10.1 Å². The second-order valence-corrected chi connectivity index (χ2v) is 8.05. The predicted molar refractivity (Wildman–Crippen MR) is 106 cm³/mol. The highest BCUT2D eigenvalue weighted by molar-refractivity contribution is 7.92. The van der Waals surface area contributed by atoms with Crippen LogP contribution in [0.5, 0.6) is 17.2 Å². The second-order valence-electron chi connectivity index (χ2n) is 5.93. The first-order valence-electron chi connectivity index (χ1n) is 8.19. The van der Waals surface area contributed by atoms with Gasteiger partial charge >= 0.3 is 0 Å². The molecule has 3 rings (SSSR count). The molecule has 3 aromatic rings. The summed E-state index contributed by atoms with van der Waals surface area (Å²) in [7, 11) is -2.42. The SMILES string of the molecule is COc1ccc(Oc2ccc(Cl)cc2NS(=O)(=O)c2ccc(F)c(C)c2)cc1. The van der Waals surface area contributed by atoms with Crippen molar-refractivity contribution in [1.29, 1.82) is 0 Å². The van der Waals surface area contributed by atoms with E-state index in [0.29, 0.717) is 16.5 Å². The summed E-state index contributed by atoms with van der Waals surface area (Å²) in [5, 5.41) is 0.329. The molecule has 0 aromatic heterocycles. The van der Waals surface area contributed by atoms with Gasteiger partial charge in [0.15, 0.2) is 5.75 Å². The van der Waals surface area contributed by atoms with Crippen LogP contribution in [0.25, 0.3) is 0 Å². The summed E-state index contributed by atoms with van der Waals surface area (Å²) < 4.78 is 52.2. The number of methoxy groups -OCH3 is 1. The van der Waals surface area contributed by atoms with Crippen molar-refractivity contribution in [3.05, 3.63) is 77.1 Å². The smallest absolute Gasteiger partial charge is 0.262 e. The molecule has 0 aliphatic rings. The number of hydrogen-bond donors (Lipinski definition) is 1. The van der Waals surface area contributed by atoms with Crippen molar-refractivity contribution >= 4 is 27.3 Å². The Labute approximate surface area is 167 Å². The molecule has 0 aliphatic carbocycles. The molecule has 0 aliphatic heterocycles. The minimum atomic E-state index is -3.97. The minimum absolute atomic E-state index is 0.0678. The van der Waals surface area contributed by atoms with E-state index in [-0.39, 0.29) is 21.9 Å². The summed E-state index contributed by atoms with van der Waals surface area (Å²) in [6.45, 7) is 1.49. The summed E-state index contributed by atoms with van der Waals surface area (Å²) in [6, 6.07) is 15.0. The summed E-state index contributed by atoms with van der Waals surface area (Å²) in [5.74, 6) is 0.930. The summed E-state index contributed by atoms with van der Waals surface area (Å²) >= 11 is 6.02. The first kappa shape index (κ1) is 20.0. The quantitative estimate of drug-likeness (QED) is 0.579. The monoisotopic (exact) mass is 421 g/mol. The molecule has 146 valence electrons. The Hall–Kier alpha value is -2.77. The molecular weight excluding hydrogens is 405 g/mol. The lowest BCUT2D eigenvalue weighted by Crippen LogP contribution is -2.14. The van der Waals surface area contributed by atoms with E-state index in [1.54, 1.807) is 43.5 Å². The Morgan fingerprint density at radius 1 is 0.964 bits per heavy atom. The van der Waals surface area contributed by atoms with Crippen molar-refractivity contribution in [2.45, 2.75) is 11.8 Å². The number of hydrogen-bond acceptors (Lipinski definition) is 4. The Bertz CT molecular complexity index is 1100. The van der Waals surface area contributed by atoms with E-state index in [2.05, 4.69) is 4.72 Å². The van der Waals surface area contributed by atoms with Crippen molar-refractivity contribution in [3.63, 3.8) is 0 Å². The van der Waals surface area contributed by atoms with E-state index >= 15 is 0 Å². The van der Waals surface area contributed by atoms with Crippen LogP contribution in [-0.4, -0.2) is 15.5 Å². The standard InChI is InChI=1S/C20H17ClFNO4S/c1-13-11-17(8-9-18(13)22)28(24,25)23-19-12-14(21)3-10-20(19)27-16-6-4-15(26-2)5-7-16/h3-12,23H,1-2H3. The van der Waals surface area contributed by atoms with E-state index in [4.69, 9.17) is 21.1 Å². The third kappa shape index (κ3) is 4.55. The average molecular weight is 422 g/mol. The van der Waals surface area contributed by atoms with Gasteiger partial charge in [-0.2, -0.15) is 0 Å². The van der Waals surface area contributed by atoms with E-state index in [1.807, 2.05) is 0 Å². The second kappa shape index (κ2) is 8.08. The lowest BCUT2D eigenvalue weighted by molar-refractivity contribution is 0.413. The van der Waals surface area contributed by atoms with Crippen molar-refractivity contribution in [3.8, 4) is 17.2 Å². The highest BCUT2D eigenvalue weighted by atomic mass is 35.5. The van der Waals surface area contributed by atoms with Crippen LogP contribution in [-0.2, 0) is 10.0 Å². The molecule has 0 atom stereocenters. The van der Waals surface area contributed by atoms with Crippen molar-refractivity contribution in [2.75, 3.05) is 11.8 Å². The number of aryl methyl sites for hydroxylation is 1. The lowest BCUT2D eigenvalue weighted by Gasteiger charge is -2.14. The number of rotatable bonds is 6. The van der Waals surface area contributed by atoms with Crippen LogP contribution in [0.2, 0.25) is 5.02 Å². The summed E-state index contributed by atoms with van der Waals surface area (Å²) in [4.78, 5) is -0.0678. The van der Waals surface area contributed by atoms with Gasteiger partial charge in [0.25, 0.3) is 10.0 Å². The fourth-order valence-corrected chi connectivity index (χ4v) is 3.75. The van der Waals surface area contributed by atoms with E-state index in [0.717, 1.165) is 6.07 Å². The number of anilines is 1. The molecule has 5 nitrogen and oxygen atoms in total. The molecule has 0 heterocycles. The maximum Gasteiger partial charge on any atom is 0.262 e. The van der Waals surface area contributed by atoms with Crippen LogP contribution in [0.1, 0.15) is 5.56 Å². The topological polar surface area (TPSA) is 64.6 Å². The lowest BCUT2D eigenvalue weighted by atomic mass is 10.2. The summed E-state index contributed by atoms with van der Waals surface area (Å²) in [5.41, 5.74) is 0.383. The van der Waals surface area contributed by atoms with Gasteiger partial charge in [0.05, 0.1) is 17.7 Å². The van der Waals surface area contributed by atoms with E-state index in [9.17, 15) is 12.8 Å². The zero-order chi connectivity index (χ0) is 20.3. The van der Waals surface area contributed by atoms with Crippen LogP contribution >= 0.6 is 11.6 Å². The Balaban J connectivity index is 1.92. The molecule has 1 N–H and O–H groups in total. The highest BCUT2D eigenvalue weighted by Crippen LogP contribution is 2.34. The molecule has 0 bridgehead atoms. The fourth-order valence-electron chi connectivity index (χ4n) is 2.43. The Morgan fingerprint density at radius 3 is 2.29 bits per heavy atom. The van der Waals surface area contributed by atoms with Crippen LogP contribution in [0.3, 0.4) is 0 Å². The molecular formula is C20H17ClFNO4S. The minimum Gasteiger partial charge on any atom is -0.497 e. The van der Waals surface area contributed by atoms with Gasteiger partial charge in [-0.3, -0.25) is 4.72 Å². The van der Waals surface area contributed by atoms with Crippen molar-refractivity contribution < 1.29 is 22.3 Å².